The molecule has 1 atom stereocenters. The summed E-state index contributed by atoms with van der Waals surface area (Å²) in [4.78, 5) is 7.09. The minimum absolute atomic E-state index is 0.726. The van der Waals surface area contributed by atoms with E-state index in [1.54, 1.807) is 0 Å². The van der Waals surface area contributed by atoms with Crippen LogP contribution in [0.2, 0.25) is 0 Å². The van der Waals surface area contributed by atoms with Crippen LogP contribution in [0.5, 0.6) is 0 Å². The molecule has 0 N–H and O–H groups in total. The largest absolute Gasteiger partial charge is 0.356 e. The van der Waals surface area contributed by atoms with Gasteiger partial charge in [-0.15, -0.1) is 0 Å². The Morgan fingerprint density at radius 3 is 3.05 bits per heavy atom. The molecular weight excluding hydrogens is 246 g/mol. The van der Waals surface area contributed by atoms with Crippen LogP contribution < -0.4 is 4.90 Å². The molecule has 1 fully saturated rings. The number of hydrogen-bond donors (Lipinski definition) is 0. The first-order chi connectivity index (χ1) is 9.81. The van der Waals surface area contributed by atoms with Gasteiger partial charge < -0.3 is 4.90 Å². The molecule has 20 heavy (non-hydrogen) atoms. The Morgan fingerprint density at radius 1 is 1.40 bits per heavy atom. The summed E-state index contributed by atoms with van der Waals surface area (Å²) in [6, 6.07) is 12.1. The molecule has 3 heteroatoms. The average Bonchev–Trinajstić information content (AvgIpc) is 2.53. The first-order valence-corrected chi connectivity index (χ1v) is 7.36. The molecule has 0 aliphatic carbocycles. The second kappa shape index (κ2) is 5.50. The lowest BCUT2D eigenvalue weighted by molar-refractivity contribution is 0.403. The second-order valence-electron chi connectivity index (χ2n) is 5.52. The van der Waals surface area contributed by atoms with E-state index in [0.29, 0.717) is 0 Å². The van der Waals surface area contributed by atoms with Crippen LogP contribution in [0.3, 0.4) is 0 Å². The summed E-state index contributed by atoms with van der Waals surface area (Å²) in [5, 5.41) is 10.3. The van der Waals surface area contributed by atoms with E-state index < -0.39 is 0 Å². The van der Waals surface area contributed by atoms with Gasteiger partial charge in [0.05, 0.1) is 17.1 Å². The van der Waals surface area contributed by atoms with Crippen molar-refractivity contribution in [1.29, 1.82) is 5.26 Å². The number of nitrogens with zero attached hydrogens (tertiary/aromatic N) is 3. The number of anilines is 1. The topological polar surface area (TPSA) is 39.9 Å². The quantitative estimate of drug-likeness (QED) is 0.830. The summed E-state index contributed by atoms with van der Waals surface area (Å²) < 4.78 is 0. The molecule has 1 unspecified atom stereocenters. The number of benzene rings is 1. The van der Waals surface area contributed by atoms with E-state index in [1.165, 1.54) is 19.3 Å². The summed E-state index contributed by atoms with van der Waals surface area (Å²) in [7, 11) is 0. The van der Waals surface area contributed by atoms with Crippen molar-refractivity contribution < 1.29 is 0 Å². The molecule has 1 aromatic carbocycles. The molecule has 0 saturated carbocycles. The minimum atomic E-state index is 0.726. The molecule has 0 bridgehead atoms. The summed E-state index contributed by atoms with van der Waals surface area (Å²) >= 11 is 0. The summed E-state index contributed by atoms with van der Waals surface area (Å²) in [5.74, 6) is 1.71. The van der Waals surface area contributed by atoms with E-state index in [-0.39, 0.29) is 0 Å². The average molecular weight is 265 g/mol. The Balaban J connectivity index is 2.01. The molecule has 2 aromatic rings. The number of pyridine rings is 1. The van der Waals surface area contributed by atoms with Crippen LogP contribution in [0.4, 0.5) is 5.82 Å². The monoisotopic (exact) mass is 265 g/mol. The SMILES string of the molecule is CCC1CCCN(c2cc(C#N)c3ccccc3n2)C1. The maximum atomic E-state index is 9.36. The summed E-state index contributed by atoms with van der Waals surface area (Å²) in [6.07, 6.45) is 3.75. The van der Waals surface area contributed by atoms with Crippen molar-refractivity contribution in [2.24, 2.45) is 5.92 Å². The highest BCUT2D eigenvalue weighted by atomic mass is 15.2. The number of aromatic nitrogens is 1. The number of hydrogen-bond acceptors (Lipinski definition) is 3. The van der Waals surface area contributed by atoms with E-state index in [0.717, 1.165) is 41.3 Å². The molecular formula is C17H19N3. The molecule has 0 amide bonds. The maximum Gasteiger partial charge on any atom is 0.130 e. The van der Waals surface area contributed by atoms with Gasteiger partial charge in [-0.2, -0.15) is 5.26 Å². The Kier molecular flexibility index (Phi) is 3.56. The zero-order valence-electron chi connectivity index (χ0n) is 11.8. The third-order valence-corrected chi connectivity index (χ3v) is 4.24. The van der Waals surface area contributed by atoms with Gasteiger partial charge in [-0.3, -0.25) is 0 Å². The fourth-order valence-corrected chi connectivity index (χ4v) is 3.02. The van der Waals surface area contributed by atoms with Gasteiger partial charge in [0.2, 0.25) is 0 Å². The standard InChI is InChI=1S/C17H19N3/c1-2-13-6-5-9-20(12-13)17-10-14(11-18)15-7-3-4-8-16(15)19-17/h3-4,7-8,10,13H,2,5-6,9,12H2,1H3. The van der Waals surface area contributed by atoms with E-state index in [9.17, 15) is 5.26 Å². The Bertz CT molecular complexity index is 657. The van der Waals surface area contributed by atoms with Crippen molar-refractivity contribution in [1.82, 2.24) is 4.98 Å². The highest BCUT2D eigenvalue weighted by Gasteiger charge is 2.20. The molecule has 3 rings (SSSR count). The van der Waals surface area contributed by atoms with Crippen LogP contribution in [0, 0.1) is 17.2 Å². The summed E-state index contributed by atoms with van der Waals surface area (Å²) in [6.45, 7) is 4.36. The van der Waals surface area contributed by atoms with Crippen molar-refractivity contribution in [3.05, 3.63) is 35.9 Å². The zero-order chi connectivity index (χ0) is 13.9. The van der Waals surface area contributed by atoms with E-state index in [2.05, 4.69) is 17.9 Å². The molecule has 1 aromatic heterocycles. The number of para-hydroxylation sites is 1. The Morgan fingerprint density at radius 2 is 2.25 bits per heavy atom. The van der Waals surface area contributed by atoms with Gasteiger partial charge in [0, 0.05) is 18.5 Å². The molecule has 0 radical (unpaired) electrons. The van der Waals surface area contributed by atoms with Crippen LogP contribution in [-0.2, 0) is 0 Å². The Hall–Kier alpha value is -2.08. The van der Waals surface area contributed by atoms with Crippen LogP contribution in [0.25, 0.3) is 10.9 Å². The first kappa shape index (κ1) is 12.9. The minimum Gasteiger partial charge on any atom is -0.356 e. The van der Waals surface area contributed by atoms with Crippen LogP contribution >= 0.6 is 0 Å². The number of piperidine rings is 1. The summed E-state index contributed by atoms with van der Waals surface area (Å²) in [5.41, 5.74) is 1.64. The van der Waals surface area contributed by atoms with E-state index >= 15 is 0 Å². The highest BCUT2D eigenvalue weighted by Crippen LogP contribution is 2.27. The fourth-order valence-electron chi connectivity index (χ4n) is 3.02. The third kappa shape index (κ3) is 2.34. The molecule has 102 valence electrons. The third-order valence-electron chi connectivity index (χ3n) is 4.24. The lowest BCUT2D eigenvalue weighted by atomic mass is 9.95. The second-order valence-corrected chi connectivity index (χ2v) is 5.52. The maximum absolute atomic E-state index is 9.36. The van der Waals surface area contributed by atoms with Gasteiger partial charge >= 0.3 is 0 Å². The van der Waals surface area contributed by atoms with E-state index in [1.807, 2.05) is 30.3 Å². The van der Waals surface area contributed by atoms with Crippen molar-refractivity contribution in [3.63, 3.8) is 0 Å². The predicted molar refractivity (Wildman–Crippen MR) is 81.7 cm³/mol. The van der Waals surface area contributed by atoms with E-state index in [4.69, 9.17) is 4.98 Å². The van der Waals surface area contributed by atoms with Crippen LogP contribution in [0.1, 0.15) is 31.7 Å². The lowest BCUT2D eigenvalue weighted by Crippen LogP contribution is -2.35. The van der Waals surface area contributed by atoms with Crippen LogP contribution in [-0.4, -0.2) is 18.1 Å². The molecule has 2 heterocycles. The molecule has 1 aliphatic heterocycles. The molecule has 3 nitrogen and oxygen atoms in total. The molecule has 1 saturated heterocycles. The van der Waals surface area contributed by atoms with Gasteiger partial charge in [-0.1, -0.05) is 31.5 Å². The van der Waals surface area contributed by atoms with Gasteiger partial charge in [-0.05, 0) is 30.9 Å². The lowest BCUT2D eigenvalue weighted by Gasteiger charge is -2.33. The first-order valence-electron chi connectivity index (χ1n) is 7.36. The van der Waals surface area contributed by atoms with Crippen molar-refractivity contribution in [3.8, 4) is 6.07 Å². The van der Waals surface area contributed by atoms with Gasteiger partial charge in [0.1, 0.15) is 5.82 Å². The number of nitriles is 1. The zero-order valence-corrected chi connectivity index (χ0v) is 11.8. The Labute approximate surface area is 119 Å². The van der Waals surface area contributed by atoms with Gasteiger partial charge in [-0.25, -0.2) is 4.98 Å². The smallest absolute Gasteiger partial charge is 0.130 e. The van der Waals surface area contributed by atoms with Crippen molar-refractivity contribution in [2.45, 2.75) is 26.2 Å². The van der Waals surface area contributed by atoms with Crippen molar-refractivity contribution in [2.75, 3.05) is 18.0 Å². The normalized spacial score (nSPS) is 19.0. The molecule has 0 spiro atoms. The number of rotatable bonds is 2. The van der Waals surface area contributed by atoms with Crippen LogP contribution in [0.15, 0.2) is 30.3 Å². The van der Waals surface area contributed by atoms with Gasteiger partial charge in [0.25, 0.3) is 0 Å². The highest BCUT2D eigenvalue weighted by molar-refractivity contribution is 5.86. The van der Waals surface area contributed by atoms with Crippen molar-refractivity contribution >= 4 is 16.7 Å². The van der Waals surface area contributed by atoms with Gasteiger partial charge in [0.15, 0.2) is 0 Å². The molecule has 1 aliphatic rings. The fraction of sp³-hybridized carbons (Fsp3) is 0.412. The predicted octanol–water partition coefficient (Wildman–Crippen LogP) is 3.73. The number of fused-ring (bicyclic) bond motifs is 1.